The summed E-state index contributed by atoms with van der Waals surface area (Å²) in [6.45, 7) is 1.50. The van der Waals surface area contributed by atoms with Crippen LogP contribution in [0.3, 0.4) is 0 Å². The van der Waals surface area contributed by atoms with Gasteiger partial charge in [0.15, 0.2) is 11.3 Å². The maximum atomic E-state index is 12.8. The van der Waals surface area contributed by atoms with Crippen LogP contribution in [-0.4, -0.2) is 25.7 Å². The fraction of sp³-hybridized carbons (Fsp3) is 0.222. The number of aryl methyl sites for hydroxylation is 1. The second-order valence-corrected chi connectivity index (χ2v) is 3.38. The quantitative estimate of drug-likeness (QED) is 0.831. The van der Waals surface area contributed by atoms with Crippen molar-refractivity contribution < 1.29 is 23.1 Å². The van der Waals surface area contributed by atoms with Crippen LogP contribution < -0.4 is 0 Å². The molecular formula is C9H6F3N3O2. The summed E-state index contributed by atoms with van der Waals surface area (Å²) in [5.41, 5.74) is -1.97. The number of rotatable bonds is 1. The first kappa shape index (κ1) is 11.4. The Morgan fingerprint density at radius 2 is 2.12 bits per heavy atom. The smallest absolute Gasteiger partial charge is 0.434 e. The van der Waals surface area contributed by atoms with Crippen LogP contribution in [0.5, 0.6) is 0 Å². The molecular weight excluding hydrogens is 239 g/mol. The molecule has 0 spiro atoms. The number of aromatic nitrogens is 3. The molecule has 0 fully saturated rings. The number of alkyl halides is 3. The number of aromatic carboxylic acids is 1. The van der Waals surface area contributed by atoms with Gasteiger partial charge in [0.2, 0.25) is 0 Å². The predicted octanol–water partition coefficient (Wildman–Crippen LogP) is 1.75. The van der Waals surface area contributed by atoms with Gasteiger partial charge in [0.1, 0.15) is 5.56 Å². The van der Waals surface area contributed by atoms with Gasteiger partial charge < -0.3 is 5.11 Å². The van der Waals surface area contributed by atoms with Gasteiger partial charge in [-0.3, -0.25) is 0 Å². The number of hydrogen-bond donors (Lipinski definition) is 1. The zero-order valence-electron chi connectivity index (χ0n) is 8.49. The SMILES string of the molecule is Cc1cc2ncc(C(=O)O)c(C(F)(F)F)n2n1. The fourth-order valence-electron chi connectivity index (χ4n) is 1.48. The highest BCUT2D eigenvalue weighted by Crippen LogP contribution is 2.31. The van der Waals surface area contributed by atoms with Gasteiger partial charge in [0.05, 0.1) is 5.69 Å². The monoisotopic (exact) mass is 245 g/mol. The Labute approximate surface area is 92.5 Å². The summed E-state index contributed by atoms with van der Waals surface area (Å²) in [5, 5.41) is 12.3. The van der Waals surface area contributed by atoms with Gasteiger partial charge >= 0.3 is 12.1 Å². The number of fused-ring (bicyclic) bond motifs is 1. The molecule has 0 saturated carbocycles. The molecule has 0 aliphatic carbocycles. The minimum absolute atomic E-state index is 0.0418. The summed E-state index contributed by atoms with van der Waals surface area (Å²) in [6, 6.07) is 1.33. The van der Waals surface area contributed by atoms with Gasteiger partial charge in [-0.05, 0) is 6.92 Å². The Bertz CT molecular complexity index is 603. The first-order valence-electron chi connectivity index (χ1n) is 4.46. The second kappa shape index (κ2) is 3.44. The van der Waals surface area contributed by atoms with Crippen molar-refractivity contribution in [2.24, 2.45) is 0 Å². The molecule has 5 nitrogen and oxygen atoms in total. The lowest BCUT2D eigenvalue weighted by Gasteiger charge is -2.11. The van der Waals surface area contributed by atoms with E-state index in [0.29, 0.717) is 16.4 Å². The molecule has 8 heteroatoms. The van der Waals surface area contributed by atoms with Crippen LogP contribution in [-0.2, 0) is 6.18 Å². The van der Waals surface area contributed by atoms with Crippen molar-refractivity contribution in [3.05, 3.63) is 29.2 Å². The summed E-state index contributed by atoms with van der Waals surface area (Å²) in [6.07, 6.45) is -4.13. The number of nitrogens with zero attached hydrogens (tertiary/aromatic N) is 3. The maximum absolute atomic E-state index is 12.8. The van der Waals surface area contributed by atoms with Gasteiger partial charge in [-0.15, -0.1) is 0 Å². The number of hydrogen-bond acceptors (Lipinski definition) is 3. The Balaban J connectivity index is 2.89. The molecule has 0 radical (unpaired) electrons. The Kier molecular flexibility index (Phi) is 2.30. The number of carboxylic acids is 1. The van der Waals surface area contributed by atoms with Crippen LogP contribution in [0.1, 0.15) is 21.7 Å². The summed E-state index contributed by atoms with van der Waals surface area (Å²) >= 11 is 0. The van der Waals surface area contributed by atoms with E-state index in [1.54, 1.807) is 0 Å². The van der Waals surface area contributed by atoms with Crippen LogP contribution in [0, 0.1) is 6.92 Å². The van der Waals surface area contributed by atoms with Crippen molar-refractivity contribution in [3.8, 4) is 0 Å². The van der Waals surface area contributed by atoms with E-state index in [-0.39, 0.29) is 5.65 Å². The first-order valence-corrected chi connectivity index (χ1v) is 4.46. The van der Waals surface area contributed by atoms with E-state index in [1.807, 2.05) is 0 Å². The number of halogens is 3. The lowest BCUT2D eigenvalue weighted by atomic mass is 10.2. The van der Waals surface area contributed by atoms with Gasteiger partial charge in [-0.25, -0.2) is 14.3 Å². The number of carboxylic acid groups (broad SMARTS) is 1. The topological polar surface area (TPSA) is 67.5 Å². The maximum Gasteiger partial charge on any atom is 0.434 e. The Morgan fingerprint density at radius 1 is 1.47 bits per heavy atom. The van der Waals surface area contributed by atoms with Gasteiger partial charge in [0.25, 0.3) is 0 Å². The van der Waals surface area contributed by atoms with E-state index in [0.717, 1.165) is 0 Å². The average Bonchev–Trinajstić information content (AvgIpc) is 2.53. The molecule has 2 aromatic heterocycles. The summed E-state index contributed by atoms with van der Waals surface area (Å²) in [5.74, 6) is -1.69. The van der Waals surface area contributed by atoms with E-state index in [1.165, 1.54) is 13.0 Å². The highest BCUT2D eigenvalue weighted by molar-refractivity contribution is 5.89. The summed E-state index contributed by atoms with van der Waals surface area (Å²) < 4.78 is 38.9. The largest absolute Gasteiger partial charge is 0.478 e. The third kappa shape index (κ3) is 1.81. The van der Waals surface area contributed by atoms with Gasteiger partial charge in [-0.1, -0.05) is 0 Å². The third-order valence-electron chi connectivity index (χ3n) is 2.10. The fourth-order valence-corrected chi connectivity index (χ4v) is 1.48. The average molecular weight is 245 g/mol. The molecule has 0 atom stereocenters. The molecule has 0 bridgehead atoms. The zero-order chi connectivity index (χ0) is 12.8. The van der Waals surface area contributed by atoms with E-state index >= 15 is 0 Å². The van der Waals surface area contributed by atoms with Crippen molar-refractivity contribution in [2.75, 3.05) is 0 Å². The van der Waals surface area contributed by atoms with Crippen molar-refractivity contribution in [1.29, 1.82) is 0 Å². The molecule has 0 unspecified atom stereocenters. The minimum Gasteiger partial charge on any atom is -0.478 e. The molecule has 2 aromatic rings. The molecule has 2 rings (SSSR count). The van der Waals surface area contributed by atoms with E-state index in [2.05, 4.69) is 10.1 Å². The van der Waals surface area contributed by atoms with Crippen molar-refractivity contribution in [3.63, 3.8) is 0 Å². The van der Waals surface area contributed by atoms with Crippen molar-refractivity contribution in [1.82, 2.24) is 14.6 Å². The van der Waals surface area contributed by atoms with Crippen molar-refractivity contribution >= 4 is 11.6 Å². The third-order valence-corrected chi connectivity index (χ3v) is 2.10. The van der Waals surface area contributed by atoms with Crippen LogP contribution in [0.4, 0.5) is 13.2 Å². The van der Waals surface area contributed by atoms with Gasteiger partial charge in [-0.2, -0.15) is 18.3 Å². The van der Waals surface area contributed by atoms with Crippen LogP contribution in [0.15, 0.2) is 12.3 Å². The second-order valence-electron chi connectivity index (χ2n) is 3.38. The molecule has 0 aliphatic rings. The minimum atomic E-state index is -4.81. The Hall–Kier alpha value is -2.12. The van der Waals surface area contributed by atoms with Gasteiger partial charge in [0, 0.05) is 12.3 Å². The van der Waals surface area contributed by atoms with Crippen LogP contribution in [0.2, 0.25) is 0 Å². The molecule has 90 valence electrons. The van der Waals surface area contributed by atoms with Crippen molar-refractivity contribution in [2.45, 2.75) is 13.1 Å². The summed E-state index contributed by atoms with van der Waals surface area (Å²) in [7, 11) is 0. The zero-order valence-corrected chi connectivity index (χ0v) is 8.49. The predicted molar refractivity (Wildman–Crippen MR) is 49.7 cm³/mol. The van der Waals surface area contributed by atoms with E-state index in [9.17, 15) is 18.0 Å². The molecule has 1 N–H and O–H groups in total. The highest BCUT2D eigenvalue weighted by Gasteiger charge is 2.39. The molecule has 0 amide bonds. The van der Waals surface area contributed by atoms with E-state index in [4.69, 9.17) is 5.11 Å². The lowest BCUT2D eigenvalue weighted by Crippen LogP contribution is -2.19. The molecule has 0 aromatic carbocycles. The summed E-state index contributed by atoms with van der Waals surface area (Å²) in [4.78, 5) is 14.4. The Morgan fingerprint density at radius 3 is 2.65 bits per heavy atom. The normalized spacial score (nSPS) is 12.0. The molecule has 17 heavy (non-hydrogen) atoms. The van der Waals surface area contributed by atoms with Crippen LogP contribution in [0.25, 0.3) is 5.65 Å². The van der Waals surface area contributed by atoms with Crippen LogP contribution >= 0.6 is 0 Å². The number of carbonyl (C=O) groups is 1. The first-order chi connectivity index (χ1) is 7.80. The standard InChI is InChI=1S/C9H6F3N3O2/c1-4-2-6-13-3-5(8(16)17)7(9(10,11)12)15(6)14-4/h2-3H,1H3,(H,16,17). The molecule has 0 saturated heterocycles. The molecule has 2 heterocycles. The van der Waals surface area contributed by atoms with E-state index < -0.39 is 23.4 Å². The lowest BCUT2D eigenvalue weighted by molar-refractivity contribution is -0.143. The molecule has 0 aliphatic heterocycles. The highest BCUT2D eigenvalue weighted by atomic mass is 19.4.